The molecule has 1 aromatic rings. The summed E-state index contributed by atoms with van der Waals surface area (Å²) in [6.07, 6.45) is 0.416. The zero-order valence-corrected chi connectivity index (χ0v) is 12.5. The van der Waals surface area contributed by atoms with Crippen molar-refractivity contribution in [1.29, 1.82) is 0 Å². The van der Waals surface area contributed by atoms with Crippen LogP contribution in [-0.4, -0.2) is 43.4 Å². The molecule has 0 aliphatic carbocycles. The summed E-state index contributed by atoms with van der Waals surface area (Å²) >= 11 is 0. The molecule has 2 atom stereocenters. The molecule has 2 unspecified atom stereocenters. The van der Waals surface area contributed by atoms with Gasteiger partial charge in [0.25, 0.3) is 5.69 Å². The van der Waals surface area contributed by atoms with Crippen LogP contribution in [0, 0.1) is 10.1 Å². The van der Waals surface area contributed by atoms with E-state index < -0.39 is 14.9 Å². The van der Waals surface area contributed by atoms with Crippen molar-refractivity contribution in [3.63, 3.8) is 0 Å². The Morgan fingerprint density at radius 2 is 2.14 bits per heavy atom. The molecule has 2 N–H and O–H groups in total. The first-order chi connectivity index (χ1) is 9.75. The lowest BCUT2D eigenvalue weighted by molar-refractivity contribution is -0.383. The summed E-state index contributed by atoms with van der Waals surface area (Å²) in [7, 11) is -2.29. The van der Waals surface area contributed by atoms with Gasteiger partial charge in [-0.2, -0.15) is 4.31 Å². The predicted octanol–water partition coefficient (Wildman–Crippen LogP) is 0.975. The summed E-state index contributed by atoms with van der Waals surface area (Å²) < 4.78 is 31.7. The standard InChI is InChI=1S/C12H17N3O5S/c1-8-11(5-6-20-8)14(2)21(18,19)9-3-4-12(15(16)17)10(13)7-9/h3-4,7-8,11H,5-6,13H2,1-2H3. The number of nitrogens with two attached hydrogens (primary N) is 1. The summed E-state index contributed by atoms with van der Waals surface area (Å²) in [5.74, 6) is 0. The number of rotatable bonds is 4. The van der Waals surface area contributed by atoms with Crippen LogP contribution in [0.3, 0.4) is 0 Å². The van der Waals surface area contributed by atoms with Crippen molar-refractivity contribution in [3.05, 3.63) is 28.3 Å². The number of hydrogen-bond donors (Lipinski definition) is 1. The molecule has 21 heavy (non-hydrogen) atoms. The highest BCUT2D eigenvalue weighted by atomic mass is 32.2. The molecule has 1 saturated heterocycles. The van der Waals surface area contributed by atoms with Crippen molar-refractivity contribution in [2.45, 2.75) is 30.4 Å². The van der Waals surface area contributed by atoms with E-state index in [9.17, 15) is 18.5 Å². The van der Waals surface area contributed by atoms with Gasteiger partial charge in [0, 0.05) is 19.7 Å². The molecule has 1 aromatic carbocycles. The van der Waals surface area contributed by atoms with E-state index in [4.69, 9.17) is 10.5 Å². The van der Waals surface area contributed by atoms with Gasteiger partial charge in [-0.05, 0) is 25.5 Å². The van der Waals surface area contributed by atoms with E-state index in [1.807, 2.05) is 6.92 Å². The van der Waals surface area contributed by atoms with Crippen LogP contribution in [0.5, 0.6) is 0 Å². The molecule has 1 aliphatic heterocycles. The van der Waals surface area contributed by atoms with Gasteiger partial charge in [0.05, 0.1) is 22.0 Å². The summed E-state index contributed by atoms with van der Waals surface area (Å²) in [6, 6.07) is 3.15. The van der Waals surface area contributed by atoms with E-state index in [0.29, 0.717) is 13.0 Å². The minimum absolute atomic E-state index is 0.0628. The third-order valence-corrected chi connectivity index (χ3v) is 5.55. The highest BCUT2D eigenvalue weighted by Crippen LogP contribution is 2.29. The number of nitrogens with zero attached hydrogens (tertiary/aromatic N) is 2. The average molecular weight is 315 g/mol. The SMILES string of the molecule is CC1OCCC1N(C)S(=O)(=O)c1ccc([N+](=O)[O-])c(N)c1. The van der Waals surface area contributed by atoms with Crippen LogP contribution in [0.15, 0.2) is 23.1 Å². The summed E-state index contributed by atoms with van der Waals surface area (Å²) in [5.41, 5.74) is 5.06. The number of nitro benzene ring substituents is 1. The third-order valence-electron chi connectivity index (χ3n) is 3.68. The lowest BCUT2D eigenvalue weighted by Gasteiger charge is -2.26. The first-order valence-electron chi connectivity index (χ1n) is 6.38. The second-order valence-electron chi connectivity index (χ2n) is 4.93. The van der Waals surface area contributed by atoms with Crippen molar-refractivity contribution in [2.24, 2.45) is 0 Å². The number of sulfonamides is 1. The Morgan fingerprint density at radius 3 is 2.62 bits per heavy atom. The topological polar surface area (TPSA) is 116 Å². The van der Waals surface area contributed by atoms with E-state index >= 15 is 0 Å². The second kappa shape index (κ2) is 5.58. The Hall–Kier alpha value is -1.71. The summed E-state index contributed by atoms with van der Waals surface area (Å²) in [6.45, 7) is 2.32. The molecule has 0 spiro atoms. The fourth-order valence-corrected chi connectivity index (χ4v) is 3.88. The van der Waals surface area contributed by atoms with Gasteiger partial charge < -0.3 is 10.5 Å². The van der Waals surface area contributed by atoms with Crippen LogP contribution in [0.1, 0.15) is 13.3 Å². The Balaban J connectivity index is 2.35. The predicted molar refractivity (Wildman–Crippen MR) is 76.3 cm³/mol. The molecule has 9 heteroatoms. The van der Waals surface area contributed by atoms with Crippen LogP contribution in [0.4, 0.5) is 11.4 Å². The van der Waals surface area contributed by atoms with E-state index in [2.05, 4.69) is 0 Å². The molecule has 2 rings (SSSR count). The maximum absolute atomic E-state index is 12.5. The van der Waals surface area contributed by atoms with Crippen molar-refractivity contribution >= 4 is 21.4 Å². The average Bonchev–Trinajstić information content (AvgIpc) is 2.83. The van der Waals surface area contributed by atoms with Crippen LogP contribution < -0.4 is 5.73 Å². The van der Waals surface area contributed by atoms with E-state index in [1.54, 1.807) is 0 Å². The van der Waals surface area contributed by atoms with E-state index in [1.165, 1.54) is 17.4 Å². The molecule has 0 saturated carbocycles. The Morgan fingerprint density at radius 1 is 1.48 bits per heavy atom. The molecule has 0 amide bonds. The molecule has 1 fully saturated rings. The lowest BCUT2D eigenvalue weighted by Crippen LogP contribution is -2.40. The molecule has 0 radical (unpaired) electrons. The van der Waals surface area contributed by atoms with Crippen LogP contribution in [-0.2, 0) is 14.8 Å². The van der Waals surface area contributed by atoms with Crippen molar-refractivity contribution < 1.29 is 18.1 Å². The zero-order valence-electron chi connectivity index (χ0n) is 11.7. The number of hydrogen-bond acceptors (Lipinski definition) is 6. The molecule has 0 aromatic heterocycles. The van der Waals surface area contributed by atoms with Crippen molar-refractivity contribution in [2.75, 3.05) is 19.4 Å². The molecule has 1 aliphatic rings. The van der Waals surface area contributed by atoms with Gasteiger partial charge >= 0.3 is 0 Å². The number of anilines is 1. The molecule has 8 nitrogen and oxygen atoms in total. The number of likely N-dealkylation sites (N-methyl/N-ethyl adjacent to an activating group) is 1. The van der Waals surface area contributed by atoms with Gasteiger partial charge in [-0.1, -0.05) is 0 Å². The minimum atomic E-state index is -3.77. The lowest BCUT2D eigenvalue weighted by atomic mass is 10.2. The normalized spacial score (nSPS) is 22.6. The number of ether oxygens (including phenoxy) is 1. The zero-order chi connectivity index (χ0) is 15.8. The largest absolute Gasteiger partial charge is 0.393 e. The van der Waals surface area contributed by atoms with Gasteiger partial charge in [0.1, 0.15) is 5.69 Å². The van der Waals surface area contributed by atoms with Gasteiger partial charge in [-0.25, -0.2) is 8.42 Å². The summed E-state index contributed by atoms with van der Waals surface area (Å²) in [5, 5.41) is 10.7. The maximum Gasteiger partial charge on any atom is 0.292 e. The maximum atomic E-state index is 12.5. The van der Waals surface area contributed by atoms with Gasteiger partial charge in [0.15, 0.2) is 0 Å². The first-order valence-corrected chi connectivity index (χ1v) is 7.82. The quantitative estimate of drug-likeness (QED) is 0.503. The highest BCUT2D eigenvalue weighted by Gasteiger charge is 2.35. The van der Waals surface area contributed by atoms with Crippen molar-refractivity contribution in [1.82, 2.24) is 4.31 Å². The van der Waals surface area contributed by atoms with Crippen LogP contribution >= 0.6 is 0 Å². The Kier molecular flexibility index (Phi) is 4.17. The number of benzene rings is 1. The monoisotopic (exact) mass is 315 g/mol. The summed E-state index contributed by atoms with van der Waals surface area (Å²) in [4.78, 5) is 10.0. The van der Waals surface area contributed by atoms with Crippen LogP contribution in [0.2, 0.25) is 0 Å². The van der Waals surface area contributed by atoms with Crippen molar-refractivity contribution in [3.8, 4) is 0 Å². The minimum Gasteiger partial charge on any atom is -0.393 e. The fourth-order valence-electron chi connectivity index (χ4n) is 2.40. The number of nitro groups is 1. The Bertz CT molecular complexity index is 661. The smallest absolute Gasteiger partial charge is 0.292 e. The number of nitrogen functional groups attached to an aromatic ring is 1. The van der Waals surface area contributed by atoms with Gasteiger partial charge in [0.2, 0.25) is 10.0 Å². The van der Waals surface area contributed by atoms with E-state index in [0.717, 1.165) is 12.1 Å². The molecule has 0 bridgehead atoms. The van der Waals surface area contributed by atoms with Gasteiger partial charge in [-0.15, -0.1) is 0 Å². The molecule has 1 heterocycles. The molecular weight excluding hydrogens is 298 g/mol. The first kappa shape index (κ1) is 15.7. The fraction of sp³-hybridized carbons (Fsp3) is 0.500. The Labute approximate surface area is 122 Å². The molecule has 116 valence electrons. The second-order valence-corrected chi connectivity index (χ2v) is 6.93. The van der Waals surface area contributed by atoms with Gasteiger partial charge in [-0.3, -0.25) is 10.1 Å². The highest BCUT2D eigenvalue weighted by molar-refractivity contribution is 7.89. The van der Waals surface area contributed by atoms with E-state index in [-0.39, 0.29) is 28.4 Å². The molecular formula is C12H17N3O5S. The van der Waals surface area contributed by atoms with Crippen LogP contribution in [0.25, 0.3) is 0 Å². The third kappa shape index (κ3) is 2.85.